The van der Waals surface area contributed by atoms with Crippen LogP contribution in [0.25, 0.3) is 10.9 Å². The zero-order valence-electron chi connectivity index (χ0n) is 14.2. The van der Waals surface area contributed by atoms with E-state index in [2.05, 4.69) is 11.1 Å². The summed E-state index contributed by atoms with van der Waals surface area (Å²) < 4.78 is 12.9. The molecule has 0 aliphatic carbocycles. The molecule has 1 N–H and O–H groups in total. The maximum atomic E-state index is 12.9. The van der Waals surface area contributed by atoms with Gasteiger partial charge in [0.05, 0.1) is 5.52 Å². The van der Waals surface area contributed by atoms with Gasteiger partial charge in [-0.1, -0.05) is 18.2 Å². The summed E-state index contributed by atoms with van der Waals surface area (Å²) in [5, 5.41) is 1.16. The second-order valence-corrected chi connectivity index (χ2v) is 7.18. The van der Waals surface area contributed by atoms with E-state index in [-0.39, 0.29) is 11.7 Å². The molecule has 25 heavy (non-hydrogen) atoms. The van der Waals surface area contributed by atoms with E-state index in [1.165, 1.54) is 12.1 Å². The highest BCUT2D eigenvalue weighted by Crippen LogP contribution is 2.21. The van der Waals surface area contributed by atoms with Crippen LogP contribution in [0.2, 0.25) is 0 Å². The van der Waals surface area contributed by atoms with Gasteiger partial charge in [0.15, 0.2) is 0 Å². The molecular formula is C20H21FN2OS. The number of para-hydroxylation sites is 1. The first-order chi connectivity index (χ1) is 12.1. The molecule has 0 bridgehead atoms. The predicted molar refractivity (Wildman–Crippen MR) is 101 cm³/mol. The van der Waals surface area contributed by atoms with E-state index in [9.17, 15) is 9.18 Å². The lowest BCUT2D eigenvalue weighted by Crippen LogP contribution is -2.26. The minimum Gasteiger partial charge on any atom is -0.361 e. The van der Waals surface area contributed by atoms with Crippen molar-refractivity contribution in [3.63, 3.8) is 0 Å². The molecule has 0 radical (unpaired) electrons. The Labute approximate surface area is 151 Å². The average molecular weight is 356 g/mol. The maximum Gasteiger partial charge on any atom is 0.222 e. The van der Waals surface area contributed by atoms with Crippen LogP contribution in [0.4, 0.5) is 4.39 Å². The van der Waals surface area contributed by atoms with Gasteiger partial charge in [0.2, 0.25) is 5.91 Å². The lowest BCUT2D eigenvalue weighted by atomic mass is 10.1. The van der Waals surface area contributed by atoms with Gasteiger partial charge in [-0.2, -0.15) is 0 Å². The van der Waals surface area contributed by atoms with Crippen molar-refractivity contribution in [3.05, 3.63) is 66.1 Å². The van der Waals surface area contributed by atoms with Crippen LogP contribution in [0.3, 0.4) is 0 Å². The van der Waals surface area contributed by atoms with Crippen LogP contribution < -0.4 is 0 Å². The van der Waals surface area contributed by atoms with Gasteiger partial charge in [0.1, 0.15) is 5.82 Å². The first-order valence-electron chi connectivity index (χ1n) is 8.31. The molecule has 0 unspecified atom stereocenters. The smallest absolute Gasteiger partial charge is 0.222 e. The standard InChI is InChI=1S/C20H21FN2OS/c1-23(14-16-5-2-4-15-11-12-22-20(15)16)19(24)6-3-13-25-18-9-7-17(21)8-10-18/h2,4-5,7-12,22H,3,6,13-14H2,1H3. The van der Waals surface area contributed by atoms with Crippen LogP contribution in [-0.2, 0) is 11.3 Å². The number of hydrogen-bond acceptors (Lipinski definition) is 2. The molecule has 0 fully saturated rings. The van der Waals surface area contributed by atoms with Crippen molar-refractivity contribution < 1.29 is 9.18 Å². The molecule has 1 aromatic heterocycles. The number of halogens is 1. The molecule has 0 spiro atoms. The third-order valence-corrected chi connectivity index (χ3v) is 5.22. The Hall–Kier alpha value is -2.27. The molecule has 3 rings (SSSR count). The van der Waals surface area contributed by atoms with E-state index in [4.69, 9.17) is 0 Å². The zero-order chi connectivity index (χ0) is 17.6. The number of benzene rings is 2. The summed E-state index contributed by atoms with van der Waals surface area (Å²) in [5.41, 5.74) is 2.22. The molecule has 0 saturated heterocycles. The second kappa shape index (κ2) is 8.21. The van der Waals surface area contributed by atoms with Crippen LogP contribution in [0, 0.1) is 5.82 Å². The average Bonchev–Trinajstić information content (AvgIpc) is 3.10. The normalized spacial score (nSPS) is 11.0. The summed E-state index contributed by atoms with van der Waals surface area (Å²) in [7, 11) is 1.84. The van der Waals surface area contributed by atoms with Crippen molar-refractivity contribution in [3.8, 4) is 0 Å². The van der Waals surface area contributed by atoms with Gasteiger partial charge >= 0.3 is 0 Å². The van der Waals surface area contributed by atoms with Crippen LogP contribution >= 0.6 is 11.8 Å². The fourth-order valence-corrected chi connectivity index (χ4v) is 3.61. The quantitative estimate of drug-likeness (QED) is 0.486. The Morgan fingerprint density at radius 3 is 2.76 bits per heavy atom. The first-order valence-corrected chi connectivity index (χ1v) is 9.29. The molecule has 1 amide bonds. The highest BCUT2D eigenvalue weighted by atomic mass is 32.2. The summed E-state index contributed by atoms with van der Waals surface area (Å²) in [4.78, 5) is 18.4. The van der Waals surface area contributed by atoms with E-state index in [1.807, 2.05) is 31.4 Å². The number of rotatable bonds is 7. The third kappa shape index (κ3) is 4.63. The molecule has 2 aromatic carbocycles. The zero-order valence-corrected chi connectivity index (χ0v) is 15.0. The topological polar surface area (TPSA) is 36.1 Å². The minimum absolute atomic E-state index is 0.142. The Morgan fingerprint density at radius 2 is 1.96 bits per heavy atom. The van der Waals surface area contributed by atoms with Crippen molar-refractivity contribution in [1.82, 2.24) is 9.88 Å². The van der Waals surface area contributed by atoms with Crippen molar-refractivity contribution in [2.24, 2.45) is 0 Å². The van der Waals surface area contributed by atoms with Gasteiger partial charge in [-0.3, -0.25) is 4.79 Å². The number of H-pyrrole nitrogens is 1. The van der Waals surface area contributed by atoms with Crippen molar-refractivity contribution >= 4 is 28.6 Å². The number of hydrogen-bond donors (Lipinski definition) is 1. The fraction of sp³-hybridized carbons (Fsp3) is 0.250. The van der Waals surface area contributed by atoms with Crippen LogP contribution in [0.1, 0.15) is 18.4 Å². The van der Waals surface area contributed by atoms with E-state index in [0.717, 1.165) is 33.5 Å². The second-order valence-electron chi connectivity index (χ2n) is 6.01. The molecule has 3 nitrogen and oxygen atoms in total. The van der Waals surface area contributed by atoms with Crippen molar-refractivity contribution in [1.29, 1.82) is 0 Å². The number of aromatic amines is 1. The molecule has 0 aliphatic rings. The Bertz CT molecular complexity index is 844. The maximum absolute atomic E-state index is 12.9. The van der Waals surface area contributed by atoms with Gasteiger partial charge in [0.25, 0.3) is 0 Å². The SMILES string of the molecule is CN(Cc1cccc2cc[nH]c12)C(=O)CCCSc1ccc(F)cc1. The molecule has 5 heteroatoms. The van der Waals surface area contributed by atoms with E-state index < -0.39 is 0 Å². The summed E-state index contributed by atoms with van der Waals surface area (Å²) in [5.74, 6) is 0.763. The molecular weight excluding hydrogens is 335 g/mol. The minimum atomic E-state index is -0.224. The highest BCUT2D eigenvalue weighted by molar-refractivity contribution is 7.99. The Morgan fingerprint density at radius 1 is 1.16 bits per heavy atom. The Balaban J connectivity index is 1.46. The van der Waals surface area contributed by atoms with E-state index in [1.54, 1.807) is 28.8 Å². The summed E-state index contributed by atoms with van der Waals surface area (Å²) in [6, 6.07) is 14.6. The van der Waals surface area contributed by atoms with Gasteiger partial charge < -0.3 is 9.88 Å². The summed E-state index contributed by atoms with van der Waals surface area (Å²) >= 11 is 1.65. The monoisotopic (exact) mass is 356 g/mol. The number of amides is 1. The van der Waals surface area contributed by atoms with Gasteiger partial charge in [0, 0.05) is 31.1 Å². The lowest BCUT2D eigenvalue weighted by molar-refractivity contribution is -0.130. The number of nitrogens with zero attached hydrogens (tertiary/aromatic N) is 1. The number of thioether (sulfide) groups is 1. The summed E-state index contributed by atoms with van der Waals surface area (Å²) in [6.45, 7) is 0.599. The van der Waals surface area contributed by atoms with Crippen molar-refractivity contribution in [2.75, 3.05) is 12.8 Å². The van der Waals surface area contributed by atoms with E-state index >= 15 is 0 Å². The lowest BCUT2D eigenvalue weighted by Gasteiger charge is -2.18. The number of carbonyl (C=O) groups excluding carboxylic acids is 1. The fourth-order valence-electron chi connectivity index (χ4n) is 2.76. The highest BCUT2D eigenvalue weighted by Gasteiger charge is 2.11. The summed E-state index contributed by atoms with van der Waals surface area (Å²) in [6.07, 6.45) is 3.24. The van der Waals surface area contributed by atoms with Crippen LogP contribution in [0.5, 0.6) is 0 Å². The molecule has 0 aliphatic heterocycles. The van der Waals surface area contributed by atoms with Crippen molar-refractivity contribution in [2.45, 2.75) is 24.3 Å². The van der Waals surface area contributed by atoms with E-state index in [0.29, 0.717) is 13.0 Å². The third-order valence-electron chi connectivity index (χ3n) is 4.12. The largest absolute Gasteiger partial charge is 0.361 e. The van der Waals surface area contributed by atoms with Gasteiger partial charge in [-0.05, 0) is 53.5 Å². The molecule has 0 atom stereocenters. The molecule has 130 valence electrons. The Kier molecular flexibility index (Phi) is 5.76. The predicted octanol–water partition coefficient (Wildman–Crippen LogP) is 4.84. The number of fused-ring (bicyclic) bond motifs is 1. The van der Waals surface area contributed by atoms with Gasteiger partial charge in [-0.15, -0.1) is 11.8 Å². The number of carbonyl (C=O) groups is 1. The first kappa shape index (κ1) is 17.5. The van der Waals surface area contributed by atoms with Crippen LogP contribution in [-0.4, -0.2) is 28.6 Å². The van der Waals surface area contributed by atoms with Crippen LogP contribution in [0.15, 0.2) is 59.6 Å². The number of nitrogens with one attached hydrogen (secondary N) is 1. The molecule has 1 heterocycles. The van der Waals surface area contributed by atoms with Gasteiger partial charge in [-0.25, -0.2) is 4.39 Å². The molecule has 3 aromatic rings. The molecule has 0 saturated carbocycles. The number of aromatic nitrogens is 1.